The molecule has 0 bridgehead atoms. The Morgan fingerprint density at radius 2 is 2.12 bits per heavy atom. The molecule has 0 saturated heterocycles. The Hall–Kier alpha value is -1.87. The van der Waals surface area contributed by atoms with E-state index in [1.165, 1.54) is 0 Å². The molecule has 1 heterocycles. The third kappa shape index (κ3) is 2.38. The smallest absolute Gasteiger partial charge is 0.248 e. The van der Waals surface area contributed by atoms with Gasteiger partial charge in [0.05, 0.1) is 0 Å². The van der Waals surface area contributed by atoms with Crippen LogP contribution in [0.25, 0.3) is 16.8 Å². The van der Waals surface area contributed by atoms with Gasteiger partial charge in [-0.05, 0) is 35.4 Å². The molecule has 0 aliphatic heterocycles. The Balaban J connectivity index is 2.39. The molecule has 3 nitrogen and oxygen atoms in total. The van der Waals surface area contributed by atoms with E-state index in [0.717, 1.165) is 22.8 Å². The number of hydrogen-bond donors (Lipinski definition) is 2. The first-order valence-corrected chi connectivity index (χ1v) is 5.29. The van der Waals surface area contributed by atoms with Crippen LogP contribution in [-0.4, -0.2) is 11.5 Å². The van der Waals surface area contributed by atoms with Crippen molar-refractivity contribution in [1.82, 2.24) is 4.98 Å². The van der Waals surface area contributed by atoms with E-state index >= 15 is 0 Å². The summed E-state index contributed by atoms with van der Waals surface area (Å²) in [6.45, 7) is 0.656. The van der Waals surface area contributed by atoms with Crippen molar-refractivity contribution in [3.05, 3.63) is 52.5 Å². The zero-order chi connectivity index (χ0) is 11.4. The Morgan fingerprint density at radius 1 is 1.25 bits per heavy atom. The number of rotatable bonds is 3. The van der Waals surface area contributed by atoms with Crippen LogP contribution < -0.4 is 11.3 Å². The summed E-state index contributed by atoms with van der Waals surface area (Å²) in [5.74, 6) is 0. The predicted octanol–water partition coefficient (Wildman–Crippen LogP) is 1.89. The molecule has 2 rings (SSSR count). The van der Waals surface area contributed by atoms with Gasteiger partial charge in [-0.1, -0.05) is 24.3 Å². The number of nitrogens with two attached hydrogens (primary N) is 1. The van der Waals surface area contributed by atoms with E-state index < -0.39 is 0 Å². The van der Waals surface area contributed by atoms with Crippen LogP contribution in [0.3, 0.4) is 0 Å². The largest absolute Gasteiger partial charge is 0.330 e. The van der Waals surface area contributed by atoms with E-state index in [0.29, 0.717) is 6.54 Å². The molecule has 0 aliphatic rings. The van der Waals surface area contributed by atoms with Crippen LogP contribution >= 0.6 is 0 Å². The topological polar surface area (TPSA) is 58.9 Å². The summed E-state index contributed by atoms with van der Waals surface area (Å²) >= 11 is 0. The second-order valence-corrected chi connectivity index (χ2v) is 3.67. The van der Waals surface area contributed by atoms with Gasteiger partial charge >= 0.3 is 0 Å². The highest BCUT2D eigenvalue weighted by atomic mass is 16.1. The number of H-pyrrole nitrogens is 1. The van der Waals surface area contributed by atoms with Crippen molar-refractivity contribution >= 4 is 16.8 Å². The van der Waals surface area contributed by atoms with Crippen LogP contribution in [0.2, 0.25) is 0 Å². The number of nitrogens with one attached hydrogen (secondary N) is 1. The van der Waals surface area contributed by atoms with Crippen molar-refractivity contribution in [3.63, 3.8) is 0 Å². The summed E-state index contributed by atoms with van der Waals surface area (Å²) < 4.78 is 0. The maximum atomic E-state index is 11.2. The highest BCUT2D eigenvalue weighted by molar-refractivity contribution is 5.83. The van der Waals surface area contributed by atoms with Crippen LogP contribution in [0.1, 0.15) is 12.0 Å². The fourth-order valence-electron chi connectivity index (χ4n) is 1.60. The van der Waals surface area contributed by atoms with Gasteiger partial charge in [-0.2, -0.15) is 0 Å². The first kappa shape index (κ1) is 10.6. The van der Waals surface area contributed by atoms with E-state index in [2.05, 4.69) is 4.98 Å². The van der Waals surface area contributed by atoms with E-state index in [4.69, 9.17) is 5.73 Å². The molecule has 0 unspecified atom stereocenters. The number of aromatic nitrogens is 1. The molecule has 0 aliphatic carbocycles. The molecule has 0 radical (unpaired) electrons. The van der Waals surface area contributed by atoms with Gasteiger partial charge in [-0.15, -0.1) is 0 Å². The minimum Gasteiger partial charge on any atom is -0.330 e. The van der Waals surface area contributed by atoms with Gasteiger partial charge in [-0.25, -0.2) is 0 Å². The lowest BCUT2D eigenvalue weighted by molar-refractivity contribution is 1.01. The number of hydrogen-bond acceptors (Lipinski definition) is 2. The SMILES string of the molecule is NCCC=Cc1ccc2c[nH]c(=O)cc2c1. The Labute approximate surface area is 93.6 Å². The zero-order valence-corrected chi connectivity index (χ0v) is 8.94. The summed E-state index contributed by atoms with van der Waals surface area (Å²) in [6, 6.07) is 7.62. The quantitative estimate of drug-likeness (QED) is 0.819. The molecule has 3 heteroatoms. The first-order valence-electron chi connectivity index (χ1n) is 5.29. The lowest BCUT2D eigenvalue weighted by Crippen LogP contribution is -2.01. The Bertz CT molecular complexity index is 569. The summed E-state index contributed by atoms with van der Waals surface area (Å²) in [4.78, 5) is 13.8. The summed E-state index contributed by atoms with van der Waals surface area (Å²) in [5.41, 5.74) is 6.42. The normalized spacial score (nSPS) is 11.3. The number of benzene rings is 1. The van der Waals surface area contributed by atoms with Crippen LogP contribution in [-0.2, 0) is 0 Å². The molecule has 1 aromatic carbocycles. The van der Waals surface area contributed by atoms with Crippen LogP contribution in [0.5, 0.6) is 0 Å². The average Bonchev–Trinajstić information content (AvgIpc) is 2.29. The number of fused-ring (bicyclic) bond motifs is 1. The van der Waals surface area contributed by atoms with Crippen molar-refractivity contribution in [2.75, 3.05) is 6.54 Å². The lowest BCUT2D eigenvalue weighted by atomic mass is 10.1. The van der Waals surface area contributed by atoms with Gasteiger partial charge < -0.3 is 10.7 Å². The minimum absolute atomic E-state index is 0.0735. The summed E-state index contributed by atoms with van der Waals surface area (Å²) in [6.07, 6.45) is 6.65. The maximum absolute atomic E-state index is 11.2. The van der Waals surface area contributed by atoms with Crippen molar-refractivity contribution < 1.29 is 0 Å². The number of aromatic amines is 1. The van der Waals surface area contributed by atoms with Gasteiger partial charge in [0.25, 0.3) is 0 Å². The van der Waals surface area contributed by atoms with Crippen molar-refractivity contribution in [3.8, 4) is 0 Å². The third-order valence-corrected chi connectivity index (χ3v) is 2.41. The first-order chi connectivity index (χ1) is 7.79. The highest BCUT2D eigenvalue weighted by Crippen LogP contribution is 2.14. The molecule has 0 amide bonds. The Morgan fingerprint density at radius 3 is 2.94 bits per heavy atom. The number of pyridine rings is 1. The summed E-state index contributed by atoms with van der Waals surface area (Å²) in [7, 11) is 0. The van der Waals surface area contributed by atoms with E-state index in [-0.39, 0.29) is 5.56 Å². The molecule has 2 aromatic rings. The third-order valence-electron chi connectivity index (χ3n) is 2.41. The monoisotopic (exact) mass is 214 g/mol. The fraction of sp³-hybridized carbons (Fsp3) is 0.154. The van der Waals surface area contributed by atoms with Crippen molar-refractivity contribution in [2.24, 2.45) is 5.73 Å². The average molecular weight is 214 g/mol. The van der Waals surface area contributed by atoms with Crippen LogP contribution in [0.4, 0.5) is 0 Å². The van der Waals surface area contributed by atoms with Crippen molar-refractivity contribution in [1.29, 1.82) is 0 Å². The van der Waals surface area contributed by atoms with Crippen LogP contribution in [0.15, 0.2) is 41.3 Å². The van der Waals surface area contributed by atoms with Crippen LogP contribution in [0, 0.1) is 0 Å². The molecule has 0 spiro atoms. The predicted molar refractivity (Wildman–Crippen MR) is 67.3 cm³/mol. The van der Waals surface area contributed by atoms with Gasteiger partial charge in [0.2, 0.25) is 5.56 Å². The summed E-state index contributed by atoms with van der Waals surface area (Å²) in [5, 5.41) is 1.99. The molecule has 16 heavy (non-hydrogen) atoms. The van der Waals surface area contributed by atoms with Gasteiger partial charge in [0.1, 0.15) is 0 Å². The second kappa shape index (κ2) is 4.77. The standard InChI is InChI=1S/C13H14N2O/c14-6-2-1-3-10-4-5-11-9-15-13(16)8-12(11)7-10/h1,3-5,7-9H,2,6,14H2,(H,15,16). The highest BCUT2D eigenvalue weighted by Gasteiger charge is 1.94. The molecular weight excluding hydrogens is 200 g/mol. The molecule has 1 aromatic heterocycles. The minimum atomic E-state index is -0.0735. The zero-order valence-electron chi connectivity index (χ0n) is 8.94. The molecule has 3 N–H and O–H groups in total. The van der Waals surface area contributed by atoms with E-state index in [1.807, 2.05) is 30.4 Å². The maximum Gasteiger partial charge on any atom is 0.248 e. The fourth-order valence-corrected chi connectivity index (χ4v) is 1.60. The van der Waals surface area contributed by atoms with Gasteiger partial charge in [0, 0.05) is 12.3 Å². The molecular formula is C13H14N2O. The second-order valence-electron chi connectivity index (χ2n) is 3.67. The molecule has 0 fully saturated rings. The molecule has 0 atom stereocenters. The molecule has 0 saturated carbocycles. The van der Waals surface area contributed by atoms with Gasteiger partial charge in [0.15, 0.2) is 0 Å². The lowest BCUT2D eigenvalue weighted by Gasteiger charge is -1.98. The Kier molecular flexibility index (Phi) is 3.17. The van der Waals surface area contributed by atoms with Gasteiger partial charge in [-0.3, -0.25) is 4.79 Å². The van der Waals surface area contributed by atoms with E-state index in [1.54, 1.807) is 12.3 Å². The molecule has 82 valence electrons. The van der Waals surface area contributed by atoms with E-state index in [9.17, 15) is 4.79 Å². The van der Waals surface area contributed by atoms with Crippen molar-refractivity contribution in [2.45, 2.75) is 6.42 Å².